The number of amidine groups is 1. The summed E-state index contributed by atoms with van der Waals surface area (Å²) in [5.74, 6) is 0.307. The highest BCUT2D eigenvalue weighted by Crippen LogP contribution is 1.89. The van der Waals surface area contributed by atoms with Crippen molar-refractivity contribution in [2.24, 2.45) is 10.9 Å². The molecule has 0 fully saturated rings. The van der Waals surface area contributed by atoms with Crippen LogP contribution in [0.4, 0.5) is 0 Å². The zero-order valence-corrected chi connectivity index (χ0v) is 6.54. The van der Waals surface area contributed by atoms with Crippen molar-refractivity contribution in [1.29, 1.82) is 0 Å². The van der Waals surface area contributed by atoms with E-state index in [4.69, 9.17) is 10.9 Å². The van der Waals surface area contributed by atoms with Crippen molar-refractivity contribution in [2.45, 2.75) is 12.8 Å². The Balaban J connectivity index is 3.20. The molecule has 0 spiro atoms. The Hall–Kier alpha value is -0.770. The van der Waals surface area contributed by atoms with Gasteiger partial charge in [-0.25, -0.2) is 0 Å². The van der Waals surface area contributed by atoms with Crippen LogP contribution in [0.2, 0.25) is 0 Å². The fourth-order valence-electron chi connectivity index (χ4n) is 0.626. The van der Waals surface area contributed by atoms with E-state index < -0.39 is 0 Å². The van der Waals surface area contributed by atoms with Crippen LogP contribution in [0.5, 0.6) is 0 Å². The molecule has 4 nitrogen and oxygen atoms in total. The molecule has 0 aliphatic carbocycles. The van der Waals surface area contributed by atoms with E-state index in [9.17, 15) is 0 Å². The highest BCUT2D eigenvalue weighted by atomic mass is 16.4. The molecule has 10 heavy (non-hydrogen) atoms. The summed E-state index contributed by atoms with van der Waals surface area (Å²) in [5.41, 5.74) is 5.24. The van der Waals surface area contributed by atoms with Gasteiger partial charge in [-0.3, -0.25) is 0 Å². The van der Waals surface area contributed by atoms with E-state index in [0.717, 1.165) is 13.0 Å². The van der Waals surface area contributed by atoms with Gasteiger partial charge in [0.15, 0.2) is 0 Å². The second kappa shape index (κ2) is 5.05. The average molecular weight is 145 g/mol. The highest BCUT2D eigenvalue weighted by Gasteiger charge is 1.93. The Labute approximate surface area is 61.3 Å². The van der Waals surface area contributed by atoms with Crippen LogP contribution in [0.1, 0.15) is 12.8 Å². The lowest BCUT2D eigenvalue weighted by Gasteiger charge is -2.07. The van der Waals surface area contributed by atoms with Crippen LogP contribution in [-0.4, -0.2) is 36.6 Å². The van der Waals surface area contributed by atoms with E-state index in [1.165, 1.54) is 0 Å². The summed E-state index contributed by atoms with van der Waals surface area (Å²) in [4.78, 5) is 2.06. The first-order valence-electron chi connectivity index (χ1n) is 3.28. The SMILES string of the molecule is CN(C)CCC/C(N)=N/O. The van der Waals surface area contributed by atoms with Gasteiger partial charge >= 0.3 is 0 Å². The van der Waals surface area contributed by atoms with Crippen molar-refractivity contribution in [3.63, 3.8) is 0 Å². The van der Waals surface area contributed by atoms with E-state index in [-0.39, 0.29) is 0 Å². The first-order valence-corrected chi connectivity index (χ1v) is 3.28. The highest BCUT2D eigenvalue weighted by molar-refractivity contribution is 5.79. The molecule has 0 unspecified atom stereocenters. The van der Waals surface area contributed by atoms with Crippen molar-refractivity contribution in [1.82, 2.24) is 4.90 Å². The van der Waals surface area contributed by atoms with Crippen LogP contribution >= 0.6 is 0 Å². The van der Waals surface area contributed by atoms with Gasteiger partial charge in [0, 0.05) is 6.42 Å². The molecule has 0 aromatic rings. The Kier molecular flexibility index (Phi) is 4.66. The van der Waals surface area contributed by atoms with Crippen LogP contribution in [-0.2, 0) is 0 Å². The topological polar surface area (TPSA) is 61.8 Å². The molecule has 0 aromatic heterocycles. The Bertz CT molecular complexity index is 112. The summed E-state index contributed by atoms with van der Waals surface area (Å²) in [6.45, 7) is 0.968. The second-order valence-electron chi connectivity index (χ2n) is 2.50. The third kappa shape index (κ3) is 5.37. The molecule has 0 aromatic carbocycles. The van der Waals surface area contributed by atoms with E-state index in [1.54, 1.807) is 0 Å². The molecule has 0 heterocycles. The van der Waals surface area contributed by atoms with Crippen LogP contribution in [0.25, 0.3) is 0 Å². The summed E-state index contributed by atoms with van der Waals surface area (Å²) in [6.07, 6.45) is 1.59. The van der Waals surface area contributed by atoms with Crippen molar-refractivity contribution in [3.05, 3.63) is 0 Å². The standard InChI is InChI=1S/C6H15N3O/c1-9(2)5-3-4-6(7)8-10/h10H,3-5H2,1-2H3,(H2,7,8). The first kappa shape index (κ1) is 9.23. The number of nitrogens with zero attached hydrogens (tertiary/aromatic N) is 2. The maximum Gasteiger partial charge on any atom is 0.139 e. The van der Waals surface area contributed by atoms with Gasteiger partial charge in [0.2, 0.25) is 0 Å². The number of oxime groups is 1. The molecule has 0 rings (SSSR count). The summed E-state index contributed by atoms with van der Waals surface area (Å²) in [5, 5.41) is 11.0. The summed E-state index contributed by atoms with van der Waals surface area (Å²) < 4.78 is 0. The molecule has 0 aliphatic heterocycles. The van der Waals surface area contributed by atoms with E-state index in [0.29, 0.717) is 12.3 Å². The van der Waals surface area contributed by atoms with Gasteiger partial charge in [-0.05, 0) is 27.1 Å². The predicted molar refractivity (Wildman–Crippen MR) is 41.2 cm³/mol. The zero-order chi connectivity index (χ0) is 7.98. The summed E-state index contributed by atoms with van der Waals surface area (Å²) in [6, 6.07) is 0. The molecule has 0 atom stereocenters. The minimum atomic E-state index is 0.307. The van der Waals surface area contributed by atoms with Crippen molar-refractivity contribution in [2.75, 3.05) is 20.6 Å². The fourth-order valence-corrected chi connectivity index (χ4v) is 0.626. The monoisotopic (exact) mass is 145 g/mol. The molecule has 0 aliphatic rings. The summed E-state index contributed by atoms with van der Waals surface area (Å²) in [7, 11) is 3.98. The van der Waals surface area contributed by atoms with Crippen molar-refractivity contribution >= 4 is 5.84 Å². The largest absolute Gasteiger partial charge is 0.409 e. The van der Waals surface area contributed by atoms with Gasteiger partial charge in [-0.1, -0.05) is 5.16 Å². The Morgan fingerprint density at radius 3 is 2.60 bits per heavy atom. The van der Waals surface area contributed by atoms with Gasteiger partial charge in [0.1, 0.15) is 5.84 Å². The predicted octanol–water partition coefficient (Wildman–Crippen LogP) is 0.0746. The number of hydrogen-bond acceptors (Lipinski definition) is 3. The Morgan fingerprint density at radius 2 is 2.20 bits per heavy atom. The molecule has 60 valence electrons. The van der Waals surface area contributed by atoms with E-state index in [2.05, 4.69) is 10.1 Å². The van der Waals surface area contributed by atoms with E-state index in [1.807, 2.05) is 14.1 Å². The quantitative estimate of drug-likeness (QED) is 0.255. The molecule has 3 N–H and O–H groups in total. The third-order valence-electron chi connectivity index (χ3n) is 1.17. The fraction of sp³-hybridized carbons (Fsp3) is 0.833. The molecule has 0 bridgehead atoms. The lowest BCUT2D eigenvalue weighted by atomic mass is 10.3. The van der Waals surface area contributed by atoms with Gasteiger partial charge in [-0.15, -0.1) is 0 Å². The van der Waals surface area contributed by atoms with Gasteiger partial charge in [0.25, 0.3) is 0 Å². The van der Waals surface area contributed by atoms with Gasteiger partial charge in [0.05, 0.1) is 0 Å². The minimum absolute atomic E-state index is 0.307. The molecule has 0 saturated carbocycles. The lowest BCUT2D eigenvalue weighted by molar-refractivity contribution is 0.316. The molecular weight excluding hydrogens is 130 g/mol. The van der Waals surface area contributed by atoms with Crippen molar-refractivity contribution < 1.29 is 5.21 Å². The zero-order valence-electron chi connectivity index (χ0n) is 6.54. The summed E-state index contributed by atoms with van der Waals surface area (Å²) >= 11 is 0. The average Bonchev–Trinajstić information content (AvgIpc) is 1.87. The number of nitrogens with two attached hydrogens (primary N) is 1. The molecule has 0 saturated heterocycles. The van der Waals surface area contributed by atoms with Crippen LogP contribution in [0.3, 0.4) is 0 Å². The number of rotatable bonds is 4. The molecule has 4 heteroatoms. The normalized spacial score (nSPS) is 12.5. The molecular formula is C6H15N3O. The van der Waals surface area contributed by atoms with Crippen molar-refractivity contribution in [3.8, 4) is 0 Å². The minimum Gasteiger partial charge on any atom is -0.409 e. The van der Waals surface area contributed by atoms with Crippen LogP contribution in [0.15, 0.2) is 5.16 Å². The lowest BCUT2D eigenvalue weighted by Crippen LogP contribution is -2.17. The van der Waals surface area contributed by atoms with Gasteiger partial charge < -0.3 is 15.8 Å². The first-order chi connectivity index (χ1) is 4.66. The smallest absolute Gasteiger partial charge is 0.139 e. The number of hydrogen-bond donors (Lipinski definition) is 2. The maximum absolute atomic E-state index is 8.15. The van der Waals surface area contributed by atoms with E-state index >= 15 is 0 Å². The third-order valence-corrected chi connectivity index (χ3v) is 1.17. The van der Waals surface area contributed by atoms with Gasteiger partial charge in [-0.2, -0.15) is 0 Å². The maximum atomic E-state index is 8.15. The molecule has 0 radical (unpaired) electrons. The Morgan fingerprint density at radius 1 is 1.60 bits per heavy atom. The second-order valence-corrected chi connectivity index (χ2v) is 2.50. The van der Waals surface area contributed by atoms with Crippen LogP contribution in [0, 0.1) is 0 Å². The molecule has 0 amide bonds. The van der Waals surface area contributed by atoms with Crippen LogP contribution < -0.4 is 5.73 Å².